The molecule has 0 amide bonds. The van der Waals surface area contributed by atoms with Crippen LogP contribution in [0.4, 0.5) is 28.7 Å². The van der Waals surface area contributed by atoms with Gasteiger partial charge in [0.05, 0.1) is 17.0 Å². The van der Waals surface area contributed by atoms with Crippen LogP contribution in [-0.4, -0.2) is 26.5 Å². The van der Waals surface area contributed by atoms with Crippen molar-refractivity contribution in [2.45, 2.75) is 6.92 Å². The van der Waals surface area contributed by atoms with Crippen molar-refractivity contribution in [1.82, 2.24) is 15.0 Å². The zero-order chi connectivity index (χ0) is 20.9. The summed E-state index contributed by atoms with van der Waals surface area (Å²) in [5.41, 5.74) is 1.81. The molecule has 2 heterocycles. The highest BCUT2D eigenvalue weighted by Gasteiger charge is 2.23. The average molecular weight is 402 g/mol. The number of fused-ring (bicyclic) bond motifs is 1. The summed E-state index contributed by atoms with van der Waals surface area (Å²) in [6, 6.07) is 16.3. The van der Waals surface area contributed by atoms with Crippen LogP contribution in [0, 0.1) is 10.1 Å². The molecule has 0 aliphatic carbocycles. The van der Waals surface area contributed by atoms with Gasteiger partial charge in [-0.25, -0.2) is 9.97 Å². The van der Waals surface area contributed by atoms with Crippen LogP contribution in [0.5, 0.6) is 5.75 Å². The van der Waals surface area contributed by atoms with Crippen LogP contribution in [0.2, 0.25) is 0 Å². The predicted molar refractivity (Wildman–Crippen MR) is 115 cm³/mol. The minimum atomic E-state index is -0.511. The standard InChI is InChI=1S/C21H18N6O3/c1-2-30-15-10-8-14(9-11-15)25-20-19(27(28)29)21(24-13-23-20)26-18-7-3-6-17-16(18)5-4-12-22-17/h3-13H,2H2,1H3,(H2,23,24,25,26). The molecule has 0 spiro atoms. The van der Waals surface area contributed by atoms with Crippen molar-refractivity contribution in [3.05, 3.63) is 77.2 Å². The number of hydrogen-bond donors (Lipinski definition) is 2. The van der Waals surface area contributed by atoms with Gasteiger partial charge < -0.3 is 15.4 Å². The molecule has 0 saturated heterocycles. The Hall–Kier alpha value is -4.27. The topological polar surface area (TPSA) is 115 Å². The smallest absolute Gasteiger partial charge is 0.353 e. The van der Waals surface area contributed by atoms with E-state index in [1.807, 2.05) is 31.2 Å². The summed E-state index contributed by atoms with van der Waals surface area (Å²) in [4.78, 5) is 23.8. The summed E-state index contributed by atoms with van der Waals surface area (Å²) in [5.74, 6) is 0.881. The number of nitro groups is 1. The molecule has 0 aliphatic heterocycles. The number of nitrogens with zero attached hydrogens (tertiary/aromatic N) is 4. The van der Waals surface area contributed by atoms with Gasteiger partial charge in [-0.05, 0) is 55.5 Å². The Morgan fingerprint density at radius 2 is 1.73 bits per heavy atom. The SMILES string of the molecule is CCOc1ccc(Nc2ncnc(Nc3cccc4ncccc34)c2[N+](=O)[O-])cc1. The highest BCUT2D eigenvalue weighted by molar-refractivity contribution is 5.93. The van der Waals surface area contributed by atoms with E-state index < -0.39 is 4.92 Å². The zero-order valence-corrected chi connectivity index (χ0v) is 16.1. The molecule has 150 valence electrons. The first-order chi connectivity index (χ1) is 14.7. The van der Waals surface area contributed by atoms with Crippen molar-refractivity contribution in [3.63, 3.8) is 0 Å². The molecule has 0 bridgehead atoms. The van der Waals surface area contributed by atoms with Gasteiger partial charge in [0.15, 0.2) is 0 Å². The lowest BCUT2D eigenvalue weighted by atomic mass is 10.2. The summed E-state index contributed by atoms with van der Waals surface area (Å²) in [7, 11) is 0. The fraction of sp³-hybridized carbons (Fsp3) is 0.0952. The zero-order valence-electron chi connectivity index (χ0n) is 16.1. The van der Waals surface area contributed by atoms with Crippen LogP contribution < -0.4 is 15.4 Å². The molecule has 9 heteroatoms. The Kier molecular flexibility index (Phi) is 5.33. The Morgan fingerprint density at radius 1 is 0.967 bits per heavy atom. The van der Waals surface area contributed by atoms with E-state index in [0.29, 0.717) is 23.7 Å². The van der Waals surface area contributed by atoms with Gasteiger partial charge in [-0.1, -0.05) is 6.07 Å². The number of pyridine rings is 1. The molecule has 9 nitrogen and oxygen atoms in total. The Morgan fingerprint density at radius 3 is 2.47 bits per heavy atom. The predicted octanol–water partition coefficient (Wildman–Crippen LogP) is 4.82. The van der Waals surface area contributed by atoms with Crippen LogP contribution in [-0.2, 0) is 0 Å². The summed E-state index contributed by atoms with van der Waals surface area (Å²) >= 11 is 0. The summed E-state index contributed by atoms with van der Waals surface area (Å²) in [5, 5.41) is 18.7. The van der Waals surface area contributed by atoms with Crippen LogP contribution in [0.3, 0.4) is 0 Å². The number of rotatable bonds is 7. The molecule has 0 atom stereocenters. The van der Waals surface area contributed by atoms with Crippen LogP contribution in [0.25, 0.3) is 10.9 Å². The fourth-order valence-corrected chi connectivity index (χ4v) is 3.01. The van der Waals surface area contributed by atoms with Crippen molar-refractivity contribution >= 4 is 39.6 Å². The van der Waals surface area contributed by atoms with Crippen molar-refractivity contribution in [3.8, 4) is 5.75 Å². The van der Waals surface area contributed by atoms with Crippen molar-refractivity contribution in [2.24, 2.45) is 0 Å². The minimum Gasteiger partial charge on any atom is -0.494 e. The maximum absolute atomic E-state index is 11.8. The maximum Gasteiger partial charge on any atom is 0.353 e. The minimum absolute atomic E-state index is 0.0831. The Labute approximate surface area is 171 Å². The maximum atomic E-state index is 11.8. The molecule has 0 saturated carbocycles. The molecule has 2 N–H and O–H groups in total. The summed E-state index contributed by atoms with van der Waals surface area (Å²) < 4.78 is 5.42. The highest BCUT2D eigenvalue weighted by Crippen LogP contribution is 2.34. The second-order valence-corrected chi connectivity index (χ2v) is 6.26. The van der Waals surface area contributed by atoms with Gasteiger partial charge in [0.1, 0.15) is 12.1 Å². The van der Waals surface area contributed by atoms with E-state index in [1.165, 1.54) is 6.33 Å². The normalized spacial score (nSPS) is 10.6. The summed E-state index contributed by atoms with van der Waals surface area (Å²) in [6.45, 7) is 2.46. The lowest BCUT2D eigenvalue weighted by Crippen LogP contribution is -2.05. The lowest BCUT2D eigenvalue weighted by Gasteiger charge is -2.12. The van der Waals surface area contributed by atoms with E-state index >= 15 is 0 Å². The van der Waals surface area contributed by atoms with Crippen molar-refractivity contribution < 1.29 is 9.66 Å². The number of anilines is 4. The molecule has 0 unspecified atom stereocenters. The summed E-state index contributed by atoms with van der Waals surface area (Å²) in [6.07, 6.45) is 2.97. The average Bonchev–Trinajstić information content (AvgIpc) is 2.75. The van der Waals surface area contributed by atoms with E-state index in [9.17, 15) is 10.1 Å². The highest BCUT2D eigenvalue weighted by atomic mass is 16.6. The third-order valence-electron chi connectivity index (χ3n) is 4.33. The van der Waals surface area contributed by atoms with Gasteiger partial charge in [-0.3, -0.25) is 15.1 Å². The van der Waals surface area contributed by atoms with E-state index in [2.05, 4.69) is 25.6 Å². The Bertz CT molecular complexity index is 1190. The number of ether oxygens (including phenoxy) is 1. The van der Waals surface area contributed by atoms with Crippen LogP contribution in [0.15, 0.2) is 67.1 Å². The largest absolute Gasteiger partial charge is 0.494 e. The van der Waals surface area contributed by atoms with Gasteiger partial charge in [0.25, 0.3) is 0 Å². The van der Waals surface area contributed by atoms with Gasteiger partial charge in [0.2, 0.25) is 11.6 Å². The third-order valence-corrected chi connectivity index (χ3v) is 4.33. The second-order valence-electron chi connectivity index (χ2n) is 6.26. The molecule has 2 aromatic carbocycles. The lowest BCUT2D eigenvalue weighted by molar-refractivity contribution is -0.383. The number of hydrogen-bond acceptors (Lipinski definition) is 8. The molecule has 2 aromatic heterocycles. The van der Waals surface area contributed by atoms with Crippen molar-refractivity contribution in [2.75, 3.05) is 17.2 Å². The van der Waals surface area contributed by atoms with Crippen LogP contribution in [0.1, 0.15) is 6.92 Å². The number of nitrogens with one attached hydrogen (secondary N) is 2. The molecule has 0 aliphatic rings. The van der Waals surface area contributed by atoms with Gasteiger partial charge >= 0.3 is 5.69 Å². The third kappa shape index (κ3) is 3.95. The number of benzene rings is 2. The molecule has 0 fully saturated rings. The van der Waals surface area contributed by atoms with E-state index in [4.69, 9.17) is 4.74 Å². The van der Waals surface area contributed by atoms with Gasteiger partial charge in [-0.2, -0.15) is 0 Å². The number of aromatic nitrogens is 3. The van der Waals surface area contributed by atoms with E-state index in [1.54, 1.807) is 36.5 Å². The van der Waals surface area contributed by atoms with Crippen LogP contribution >= 0.6 is 0 Å². The first kappa shape index (κ1) is 19.1. The van der Waals surface area contributed by atoms with Gasteiger partial charge in [0, 0.05) is 23.0 Å². The molecule has 0 radical (unpaired) electrons. The first-order valence-corrected chi connectivity index (χ1v) is 9.25. The molecular formula is C21H18N6O3. The molecule has 4 aromatic rings. The monoisotopic (exact) mass is 402 g/mol. The fourth-order valence-electron chi connectivity index (χ4n) is 3.01. The first-order valence-electron chi connectivity index (χ1n) is 9.25. The van der Waals surface area contributed by atoms with Gasteiger partial charge in [-0.15, -0.1) is 0 Å². The Balaban J connectivity index is 1.68. The van der Waals surface area contributed by atoms with E-state index in [-0.39, 0.29) is 17.3 Å². The second kappa shape index (κ2) is 8.39. The van der Waals surface area contributed by atoms with E-state index in [0.717, 1.165) is 10.9 Å². The quantitative estimate of drug-likeness (QED) is 0.334. The molecule has 30 heavy (non-hydrogen) atoms. The van der Waals surface area contributed by atoms with Crippen molar-refractivity contribution in [1.29, 1.82) is 0 Å². The molecule has 4 rings (SSSR count). The molecular weight excluding hydrogens is 384 g/mol.